The summed E-state index contributed by atoms with van der Waals surface area (Å²) in [5.41, 5.74) is 11.4. The monoisotopic (exact) mass is 506 g/mol. The lowest BCUT2D eigenvalue weighted by Gasteiger charge is -2.17. The highest BCUT2D eigenvalue weighted by molar-refractivity contribution is 7.86. The van der Waals surface area contributed by atoms with Crippen LogP contribution < -0.4 is 10.5 Å². The molecular formula is C28H30N2O5S. The number of rotatable bonds is 10. The van der Waals surface area contributed by atoms with Crippen molar-refractivity contribution < 1.29 is 22.4 Å². The van der Waals surface area contributed by atoms with E-state index in [0.717, 1.165) is 35.0 Å². The Morgan fingerprint density at radius 2 is 1.75 bits per heavy atom. The quantitative estimate of drug-likeness (QED) is 0.233. The summed E-state index contributed by atoms with van der Waals surface area (Å²) in [4.78, 5) is 4.81. The molecule has 0 saturated carbocycles. The molecule has 7 nitrogen and oxygen atoms in total. The normalized spacial score (nSPS) is 12.5. The van der Waals surface area contributed by atoms with Crippen LogP contribution in [0.4, 0.5) is 5.69 Å². The number of hydrogen-bond donors (Lipinski definition) is 2. The molecule has 0 bridgehead atoms. The fourth-order valence-corrected chi connectivity index (χ4v) is 4.80. The molecule has 1 atom stereocenters. The van der Waals surface area contributed by atoms with Crippen molar-refractivity contribution >= 4 is 26.7 Å². The number of hydrogen-bond acceptors (Lipinski definition) is 7. The molecule has 8 heteroatoms. The number of fused-ring (bicyclic) bond motifs is 1. The third-order valence-corrected chi connectivity index (χ3v) is 7.12. The first-order valence-electron chi connectivity index (χ1n) is 11.8. The predicted octanol–water partition coefficient (Wildman–Crippen LogP) is 4.89. The molecule has 0 radical (unpaired) electrons. The predicted molar refractivity (Wildman–Crippen MR) is 141 cm³/mol. The van der Waals surface area contributed by atoms with Gasteiger partial charge in [0.25, 0.3) is 10.1 Å². The van der Waals surface area contributed by atoms with Crippen LogP contribution in [0.5, 0.6) is 5.75 Å². The zero-order chi connectivity index (χ0) is 25.7. The van der Waals surface area contributed by atoms with Crippen molar-refractivity contribution in [3.8, 4) is 17.0 Å². The molecule has 0 aliphatic rings. The van der Waals surface area contributed by atoms with Gasteiger partial charge in [0.2, 0.25) is 0 Å². The number of aryl methyl sites for hydroxylation is 2. The summed E-state index contributed by atoms with van der Waals surface area (Å²) >= 11 is 0. The van der Waals surface area contributed by atoms with Gasteiger partial charge in [-0.15, -0.1) is 0 Å². The summed E-state index contributed by atoms with van der Waals surface area (Å²) < 4.78 is 35.9. The molecule has 0 saturated heterocycles. The number of aliphatic hydroxyl groups excluding tert-OH is 1. The first-order chi connectivity index (χ1) is 17.3. The highest BCUT2D eigenvalue weighted by Crippen LogP contribution is 2.29. The largest absolute Gasteiger partial charge is 0.485 e. The van der Waals surface area contributed by atoms with Gasteiger partial charge in [0, 0.05) is 22.7 Å². The van der Waals surface area contributed by atoms with Crippen molar-refractivity contribution in [3.05, 3.63) is 83.9 Å². The molecule has 188 valence electrons. The number of ether oxygens (including phenoxy) is 1. The van der Waals surface area contributed by atoms with E-state index in [0.29, 0.717) is 17.0 Å². The van der Waals surface area contributed by atoms with Crippen LogP contribution in [0.25, 0.3) is 22.2 Å². The molecule has 3 aromatic carbocycles. The van der Waals surface area contributed by atoms with E-state index in [9.17, 15) is 13.5 Å². The smallest absolute Gasteiger partial charge is 0.297 e. The Hall–Kier alpha value is -3.46. The van der Waals surface area contributed by atoms with Crippen LogP contribution in [0.15, 0.2) is 77.7 Å². The van der Waals surface area contributed by atoms with E-state index < -0.39 is 22.8 Å². The minimum atomic E-state index is -3.97. The van der Waals surface area contributed by atoms with Crippen molar-refractivity contribution in [1.82, 2.24) is 4.98 Å². The van der Waals surface area contributed by atoms with Gasteiger partial charge in [-0.2, -0.15) is 8.42 Å². The van der Waals surface area contributed by atoms with Gasteiger partial charge in [0.1, 0.15) is 18.5 Å². The zero-order valence-corrected chi connectivity index (χ0v) is 21.2. The summed E-state index contributed by atoms with van der Waals surface area (Å²) in [6.45, 7) is 3.24. The Balaban J connectivity index is 1.50. The maximum atomic E-state index is 12.5. The molecule has 1 heterocycles. The first kappa shape index (κ1) is 25.6. The van der Waals surface area contributed by atoms with Crippen molar-refractivity contribution in [2.24, 2.45) is 0 Å². The molecule has 0 amide bonds. The van der Waals surface area contributed by atoms with Gasteiger partial charge in [-0.3, -0.25) is 4.18 Å². The second kappa shape index (κ2) is 11.1. The lowest BCUT2D eigenvalue weighted by molar-refractivity contribution is 0.0742. The molecule has 4 aromatic rings. The maximum Gasteiger partial charge on any atom is 0.297 e. The Kier molecular flexibility index (Phi) is 7.88. The standard InChI is InChI=1S/C28H30N2O5S/c1-3-4-20-7-13-25(26(29)15-20)27-14-9-21-8-10-22(16-28(21)30-27)35-23(17-31)18-34-36(32,33)24-11-5-19(2)6-12-24/h5-16,23,31H,3-4,17-18,29H2,1-2H3. The van der Waals surface area contributed by atoms with E-state index >= 15 is 0 Å². The number of nitrogens with zero attached hydrogens (tertiary/aromatic N) is 1. The van der Waals surface area contributed by atoms with Crippen molar-refractivity contribution in [2.45, 2.75) is 37.7 Å². The Morgan fingerprint density at radius 1 is 1.00 bits per heavy atom. The number of nitrogen functional groups attached to an aromatic ring is 1. The number of anilines is 1. The van der Waals surface area contributed by atoms with Gasteiger partial charge >= 0.3 is 0 Å². The highest BCUT2D eigenvalue weighted by atomic mass is 32.2. The van der Waals surface area contributed by atoms with Crippen LogP contribution in [0.2, 0.25) is 0 Å². The number of aliphatic hydroxyl groups is 1. The fraction of sp³-hybridized carbons (Fsp3) is 0.250. The molecule has 0 fully saturated rings. The summed E-state index contributed by atoms with van der Waals surface area (Å²) in [7, 11) is -3.97. The van der Waals surface area contributed by atoms with Crippen LogP contribution in [-0.2, 0) is 20.7 Å². The molecule has 0 spiro atoms. The number of benzene rings is 3. The SMILES string of the molecule is CCCc1ccc(-c2ccc3ccc(OC(CO)COS(=O)(=O)c4ccc(C)cc4)cc3n2)c(N)c1. The third kappa shape index (κ3) is 6.02. The van der Waals surface area contributed by atoms with Gasteiger partial charge < -0.3 is 15.6 Å². The second-order valence-corrected chi connectivity index (χ2v) is 10.3. The highest BCUT2D eigenvalue weighted by Gasteiger charge is 2.19. The summed E-state index contributed by atoms with van der Waals surface area (Å²) in [6.07, 6.45) is 1.14. The molecule has 1 aromatic heterocycles. The van der Waals surface area contributed by atoms with Crippen molar-refractivity contribution in [1.29, 1.82) is 0 Å². The van der Waals surface area contributed by atoms with E-state index in [1.807, 2.05) is 37.3 Å². The molecule has 4 rings (SSSR count). The average molecular weight is 507 g/mol. The summed E-state index contributed by atoms with van der Waals surface area (Å²) in [6, 6.07) is 21.6. The average Bonchev–Trinajstić information content (AvgIpc) is 2.86. The van der Waals surface area contributed by atoms with Gasteiger partial charge in [-0.25, -0.2) is 4.98 Å². The third-order valence-electron chi connectivity index (χ3n) is 5.82. The van der Waals surface area contributed by atoms with Gasteiger partial charge in [0.05, 0.1) is 22.7 Å². The van der Waals surface area contributed by atoms with Gasteiger partial charge in [-0.05, 0) is 55.3 Å². The van der Waals surface area contributed by atoms with Crippen LogP contribution in [0.3, 0.4) is 0 Å². The van der Waals surface area contributed by atoms with E-state index in [1.54, 1.807) is 24.3 Å². The molecule has 0 aliphatic carbocycles. The van der Waals surface area contributed by atoms with Crippen molar-refractivity contribution in [3.63, 3.8) is 0 Å². The van der Waals surface area contributed by atoms with E-state index in [1.165, 1.54) is 17.7 Å². The molecule has 0 aliphatic heterocycles. The van der Waals surface area contributed by atoms with Crippen LogP contribution in [0, 0.1) is 6.92 Å². The number of nitrogens with two attached hydrogens (primary N) is 1. The molecule has 1 unspecified atom stereocenters. The second-order valence-electron chi connectivity index (χ2n) is 8.70. The summed E-state index contributed by atoms with van der Waals surface area (Å²) in [5.74, 6) is 0.439. The van der Waals surface area contributed by atoms with Crippen LogP contribution in [0.1, 0.15) is 24.5 Å². The fourth-order valence-electron chi connectivity index (χ4n) is 3.86. The minimum Gasteiger partial charge on any atom is -0.485 e. The first-order valence-corrected chi connectivity index (χ1v) is 13.2. The van der Waals surface area contributed by atoms with E-state index in [4.69, 9.17) is 19.6 Å². The Morgan fingerprint density at radius 3 is 2.44 bits per heavy atom. The lowest BCUT2D eigenvalue weighted by Crippen LogP contribution is -2.28. The molecule has 3 N–H and O–H groups in total. The molecular weight excluding hydrogens is 476 g/mol. The van der Waals surface area contributed by atoms with E-state index in [-0.39, 0.29) is 11.5 Å². The Labute approximate surface area is 211 Å². The zero-order valence-electron chi connectivity index (χ0n) is 20.3. The van der Waals surface area contributed by atoms with Gasteiger partial charge in [-0.1, -0.05) is 49.2 Å². The minimum absolute atomic E-state index is 0.0502. The number of pyridine rings is 1. The number of aromatic nitrogens is 1. The molecule has 36 heavy (non-hydrogen) atoms. The summed E-state index contributed by atoms with van der Waals surface area (Å²) in [5, 5.41) is 10.7. The van der Waals surface area contributed by atoms with E-state index in [2.05, 4.69) is 13.0 Å². The van der Waals surface area contributed by atoms with Gasteiger partial charge in [0.15, 0.2) is 0 Å². The topological polar surface area (TPSA) is 112 Å². The lowest BCUT2D eigenvalue weighted by atomic mass is 10.0. The van der Waals surface area contributed by atoms with Crippen LogP contribution in [-0.4, -0.2) is 37.8 Å². The van der Waals surface area contributed by atoms with Crippen LogP contribution >= 0.6 is 0 Å². The van der Waals surface area contributed by atoms with Crippen molar-refractivity contribution in [2.75, 3.05) is 18.9 Å². The Bertz CT molecular complexity index is 1450. The maximum absolute atomic E-state index is 12.5.